The minimum Gasteiger partial charge on any atom is -0.344 e. The van der Waals surface area contributed by atoms with Crippen molar-refractivity contribution in [3.63, 3.8) is 0 Å². The third-order valence-corrected chi connectivity index (χ3v) is 4.58. The molecule has 6 heteroatoms. The fraction of sp³-hybridized carbons (Fsp3) is 0.158. The predicted molar refractivity (Wildman–Crippen MR) is 99.0 cm³/mol. The highest BCUT2D eigenvalue weighted by atomic mass is 35.5. The molecule has 3 heterocycles. The maximum absolute atomic E-state index is 11.9. The number of aromatic amines is 1. The van der Waals surface area contributed by atoms with E-state index in [9.17, 15) is 4.79 Å². The maximum atomic E-state index is 11.9. The number of aromatic nitrogens is 4. The number of hydrogen-bond acceptors (Lipinski definition) is 4. The van der Waals surface area contributed by atoms with Crippen LogP contribution in [-0.4, -0.2) is 25.7 Å². The summed E-state index contributed by atoms with van der Waals surface area (Å²) < 4.78 is 0. The molecule has 4 rings (SSSR count). The topological polar surface area (TPSA) is 71.5 Å². The highest BCUT2D eigenvalue weighted by Gasteiger charge is 2.15. The number of imidazole rings is 1. The monoisotopic (exact) mass is 350 g/mol. The summed E-state index contributed by atoms with van der Waals surface area (Å²) in [4.78, 5) is 28.1. The van der Waals surface area contributed by atoms with Crippen molar-refractivity contribution >= 4 is 39.2 Å². The van der Waals surface area contributed by atoms with Gasteiger partial charge in [-0.1, -0.05) is 18.5 Å². The van der Waals surface area contributed by atoms with E-state index >= 15 is 0 Å². The summed E-state index contributed by atoms with van der Waals surface area (Å²) in [6.45, 7) is 3.81. The van der Waals surface area contributed by atoms with Crippen molar-refractivity contribution in [2.75, 3.05) is 0 Å². The minimum absolute atomic E-state index is 0.0388. The van der Waals surface area contributed by atoms with Crippen LogP contribution in [0, 0.1) is 6.92 Å². The van der Waals surface area contributed by atoms with Gasteiger partial charge >= 0.3 is 0 Å². The summed E-state index contributed by atoms with van der Waals surface area (Å²) in [5, 5.41) is 2.38. The van der Waals surface area contributed by atoms with E-state index in [2.05, 4.69) is 19.9 Å². The maximum Gasteiger partial charge on any atom is 0.180 e. The first-order valence-corrected chi connectivity index (χ1v) is 8.38. The van der Waals surface area contributed by atoms with Crippen LogP contribution < -0.4 is 0 Å². The molecule has 1 aromatic carbocycles. The Morgan fingerprint density at radius 1 is 1.12 bits per heavy atom. The number of benzene rings is 1. The Kier molecular flexibility index (Phi) is 3.73. The van der Waals surface area contributed by atoms with Crippen LogP contribution in [0.3, 0.4) is 0 Å². The van der Waals surface area contributed by atoms with Crippen molar-refractivity contribution < 1.29 is 4.79 Å². The summed E-state index contributed by atoms with van der Waals surface area (Å²) in [6, 6.07) is 5.70. The number of Topliss-reactive ketones (excluding diaryl/α,β-unsaturated/α-hetero) is 1. The molecular formula is C19H15ClN4O. The van der Waals surface area contributed by atoms with Crippen LogP contribution in [0.15, 0.2) is 36.9 Å². The smallest absolute Gasteiger partial charge is 0.180 e. The SMILES string of the molecule is CCC(=O)c1cc(C)c(-c2cc3cnc(Cl)cc3c3[nH]cnc23)cn1. The third kappa shape index (κ3) is 2.57. The molecule has 3 aromatic heterocycles. The summed E-state index contributed by atoms with van der Waals surface area (Å²) in [5.74, 6) is 0.0388. The number of aryl methyl sites for hydroxylation is 1. The molecule has 0 aliphatic heterocycles. The van der Waals surface area contributed by atoms with Gasteiger partial charge < -0.3 is 4.98 Å². The number of pyridine rings is 2. The molecule has 0 atom stereocenters. The number of fused-ring (bicyclic) bond motifs is 3. The number of H-pyrrole nitrogens is 1. The van der Waals surface area contributed by atoms with Crippen LogP contribution in [0.2, 0.25) is 5.15 Å². The van der Waals surface area contributed by atoms with Gasteiger partial charge in [0.1, 0.15) is 10.8 Å². The van der Waals surface area contributed by atoms with E-state index in [1.807, 2.05) is 32.0 Å². The van der Waals surface area contributed by atoms with E-state index in [1.54, 1.807) is 18.7 Å². The Morgan fingerprint density at radius 3 is 2.72 bits per heavy atom. The Morgan fingerprint density at radius 2 is 1.96 bits per heavy atom. The predicted octanol–water partition coefficient (Wildman–Crippen LogP) is 4.73. The number of carbonyl (C=O) groups excluding carboxylic acids is 1. The van der Waals surface area contributed by atoms with Crippen molar-refractivity contribution in [3.05, 3.63) is 53.3 Å². The van der Waals surface area contributed by atoms with Crippen LogP contribution in [0.1, 0.15) is 29.4 Å². The first-order chi connectivity index (χ1) is 12.1. The number of halogens is 1. The second-order valence-electron chi connectivity index (χ2n) is 5.94. The summed E-state index contributed by atoms with van der Waals surface area (Å²) >= 11 is 6.04. The number of nitrogens with zero attached hydrogens (tertiary/aromatic N) is 3. The van der Waals surface area contributed by atoms with Crippen LogP contribution in [0.25, 0.3) is 32.9 Å². The lowest BCUT2D eigenvalue weighted by atomic mass is 9.97. The van der Waals surface area contributed by atoms with Gasteiger partial charge in [0.15, 0.2) is 5.78 Å². The summed E-state index contributed by atoms with van der Waals surface area (Å²) in [7, 11) is 0. The molecule has 0 saturated heterocycles. The third-order valence-electron chi connectivity index (χ3n) is 4.37. The van der Waals surface area contributed by atoms with Crippen molar-refractivity contribution in [2.45, 2.75) is 20.3 Å². The van der Waals surface area contributed by atoms with Crippen molar-refractivity contribution in [1.82, 2.24) is 19.9 Å². The second kappa shape index (κ2) is 5.93. The molecule has 5 nitrogen and oxygen atoms in total. The van der Waals surface area contributed by atoms with Gasteiger partial charge in [-0.2, -0.15) is 0 Å². The highest BCUT2D eigenvalue weighted by Crippen LogP contribution is 2.34. The second-order valence-corrected chi connectivity index (χ2v) is 6.33. The van der Waals surface area contributed by atoms with E-state index < -0.39 is 0 Å². The quantitative estimate of drug-likeness (QED) is 0.428. The van der Waals surface area contributed by atoms with Gasteiger partial charge in [0.25, 0.3) is 0 Å². The Balaban J connectivity index is 1.99. The first kappa shape index (κ1) is 15.7. The first-order valence-electron chi connectivity index (χ1n) is 8.00. The van der Waals surface area contributed by atoms with Gasteiger partial charge in [0.05, 0.1) is 17.4 Å². The molecule has 1 N–H and O–H groups in total. The molecule has 0 spiro atoms. The van der Waals surface area contributed by atoms with Crippen LogP contribution in [0.5, 0.6) is 0 Å². The lowest BCUT2D eigenvalue weighted by molar-refractivity contribution is 0.0983. The van der Waals surface area contributed by atoms with E-state index in [-0.39, 0.29) is 5.78 Å². The number of ketones is 1. The minimum atomic E-state index is 0.0388. The molecule has 0 unspecified atom stereocenters. The standard InChI is InChI=1S/C19H15ClN4O/c1-3-16(25)15-4-10(2)14(8-21-15)13-5-11-7-22-17(20)6-12(11)18-19(13)24-9-23-18/h4-9H,3H2,1-2H3,(H,23,24). The van der Waals surface area contributed by atoms with Gasteiger partial charge in [-0.05, 0) is 30.7 Å². The zero-order chi connectivity index (χ0) is 17.6. The number of hydrogen-bond donors (Lipinski definition) is 1. The van der Waals surface area contributed by atoms with Gasteiger partial charge in [-0.3, -0.25) is 9.78 Å². The summed E-state index contributed by atoms with van der Waals surface area (Å²) in [5.41, 5.74) is 5.13. The molecular weight excluding hydrogens is 336 g/mol. The lowest BCUT2D eigenvalue weighted by Crippen LogP contribution is -2.01. The number of carbonyl (C=O) groups is 1. The van der Waals surface area contributed by atoms with Gasteiger partial charge in [-0.25, -0.2) is 9.97 Å². The van der Waals surface area contributed by atoms with Crippen LogP contribution in [0.4, 0.5) is 0 Å². The van der Waals surface area contributed by atoms with E-state index in [4.69, 9.17) is 11.6 Å². The fourth-order valence-corrected chi connectivity index (χ4v) is 3.23. The lowest BCUT2D eigenvalue weighted by Gasteiger charge is -2.10. The molecule has 0 aliphatic carbocycles. The molecule has 0 fully saturated rings. The zero-order valence-electron chi connectivity index (χ0n) is 13.8. The normalized spacial score (nSPS) is 11.3. The van der Waals surface area contributed by atoms with Crippen LogP contribution >= 0.6 is 11.6 Å². The molecule has 0 aliphatic rings. The van der Waals surface area contributed by atoms with Crippen molar-refractivity contribution in [2.24, 2.45) is 0 Å². The van der Waals surface area contributed by atoms with E-state index in [0.717, 1.165) is 38.5 Å². The molecule has 4 aromatic rings. The highest BCUT2D eigenvalue weighted by molar-refractivity contribution is 6.30. The molecule has 0 amide bonds. The van der Waals surface area contributed by atoms with Crippen LogP contribution in [-0.2, 0) is 0 Å². The van der Waals surface area contributed by atoms with Gasteiger partial charge in [0, 0.05) is 40.7 Å². The van der Waals surface area contributed by atoms with E-state index in [1.165, 1.54) is 0 Å². The van der Waals surface area contributed by atoms with Crippen molar-refractivity contribution in [3.8, 4) is 11.1 Å². The molecule has 0 radical (unpaired) electrons. The average Bonchev–Trinajstić information content (AvgIpc) is 3.11. The number of rotatable bonds is 3. The molecule has 124 valence electrons. The summed E-state index contributed by atoms with van der Waals surface area (Å²) in [6.07, 6.45) is 5.60. The fourth-order valence-electron chi connectivity index (χ4n) is 3.08. The molecule has 0 saturated carbocycles. The number of nitrogens with one attached hydrogen (secondary N) is 1. The largest absolute Gasteiger partial charge is 0.344 e. The molecule has 0 bridgehead atoms. The average molecular weight is 351 g/mol. The Labute approximate surface area is 149 Å². The van der Waals surface area contributed by atoms with Crippen molar-refractivity contribution in [1.29, 1.82) is 0 Å². The Hall–Kier alpha value is -2.79. The zero-order valence-corrected chi connectivity index (χ0v) is 14.6. The van der Waals surface area contributed by atoms with Gasteiger partial charge in [0.2, 0.25) is 0 Å². The Bertz CT molecular complexity index is 1130. The molecule has 25 heavy (non-hydrogen) atoms. The van der Waals surface area contributed by atoms with E-state index in [0.29, 0.717) is 17.3 Å². The van der Waals surface area contributed by atoms with Gasteiger partial charge in [-0.15, -0.1) is 0 Å².